The Labute approximate surface area is 220 Å². The van der Waals surface area contributed by atoms with E-state index in [9.17, 15) is 9.18 Å². The van der Waals surface area contributed by atoms with Crippen LogP contribution in [0.4, 0.5) is 10.1 Å². The van der Waals surface area contributed by atoms with Crippen LogP contribution in [-0.2, 0) is 11.3 Å². The maximum atomic E-state index is 14.9. The zero-order valence-electron chi connectivity index (χ0n) is 21.0. The number of ether oxygens (including phenoxy) is 1. The summed E-state index contributed by atoms with van der Waals surface area (Å²) in [5.74, 6) is -0.527. The third-order valence-corrected chi connectivity index (χ3v) is 6.53. The zero-order chi connectivity index (χ0) is 26.6. The number of nitrogens with zero attached hydrogens (tertiary/aromatic N) is 3. The van der Waals surface area contributed by atoms with Gasteiger partial charge in [-0.2, -0.15) is 10.4 Å². The fourth-order valence-electron chi connectivity index (χ4n) is 4.30. The van der Waals surface area contributed by atoms with Crippen molar-refractivity contribution >= 4 is 11.6 Å². The molecule has 1 aliphatic rings. The van der Waals surface area contributed by atoms with Gasteiger partial charge in [0.2, 0.25) is 0 Å². The quantitative estimate of drug-likeness (QED) is 0.313. The molecule has 1 heterocycles. The minimum Gasteiger partial charge on any atom is -0.368 e. The molecule has 4 aromatic rings. The van der Waals surface area contributed by atoms with Gasteiger partial charge in [0.1, 0.15) is 17.6 Å². The summed E-state index contributed by atoms with van der Waals surface area (Å²) in [7, 11) is 0. The van der Waals surface area contributed by atoms with Crippen LogP contribution in [-0.4, -0.2) is 22.3 Å². The fourth-order valence-corrected chi connectivity index (χ4v) is 4.30. The van der Waals surface area contributed by atoms with Gasteiger partial charge in [0.25, 0.3) is 5.91 Å². The average Bonchev–Trinajstić information content (AvgIpc) is 3.69. The first-order valence-corrected chi connectivity index (χ1v) is 12.5. The van der Waals surface area contributed by atoms with Crippen LogP contribution >= 0.6 is 0 Å². The molecule has 0 bridgehead atoms. The van der Waals surface area contributed by atoms with E-state index >= 15 is 0 Å². The second kappa shape index (κ2) is 11.0. The highest BCUT2D eigenvalue weighted by Gasteiger charge is 2.25. The molecule has 0 spiro atoms. The van der Waals surface area contributed by atoms with Crippen LogP contribution in [0.1, 0.15) is 57.4 Å². The van der Waals surface area contributed by atoms with Gasteiger partial charge in [0, 0.05) is 6.54 Å². The number of halogens is 1. The minimum atomic E-state index is -0.559. The van der Waals surface area contributed by atoms with Gasteiger partial charge in [0.15, 0.2) is 0 Å². The number of aryl methyl sites for hydroxylation is 1. The molecule has 5 rings (SSSR count). The first kappa shape index (κ1) is 25.3. The van der Waals surface area contributed by atoms with E-state index < -0.39 is 17.8 Å². The SMILES string of the molecule is Cc1cc(C(=O)Nc2cc(C(OCC3CC3)c3ccc(C#N)cc3)ccc2F)n(-c2cccc(CN)c2)n1. The molecule has 1 unspecified atom stereocenters. The molecule has 1 atom stereocenters. The van der Waals surface area contributed by atoms with E-state index in [1.54, 1.807) is 37.3 Å². The third kappa shape index (κ3) is 5.65. The van der Waals surface area contributed by atoms with Crippen molar-refractivity contribution in [1.29, 1.82) is 5.26 Å². The van der Waals surface area contributed by atoms with E-state index in [0.29, 0.717) is 41.6 Å². The highest BCUT2D eigenvalue weighted by molar-refractivity contribution is 6.03. The van der Waals surface area contributed by atoms with Crippen LogP contribution in [0.15, 0.2) is 72.8 Å². The van der Waals surface area contributed by atoms with Crippen LogP contribution in [0, 0.1) is 30.0 Å². The number of rotatable bonds is 9. The summed E-state index contributed by atoms with van der Waals surface area (Å²) < 4.78 is 22.7. The molecule has 7 nitrogen and oxygen atoms in total. The number of hydrogen-bond acceptors (Lipinski definition) is 5. The van der Waals surface area contributed by atoms with Crippen LogP contribution < -0.4 is 11.1 Å². The molecule has 3 aromatic carbocycles. The van der Waals surface area contributed by atoms with Crippen molar-refractivity contribution in [2.45, 2.75) is 32.4 Å². The van der Waals surface area contributed by atoms with Crippen molar-refractivity contribution in [1.82, 2.24) is 9.78 Å². The predicted molar refractivity (Wildman–Crippen MR) is 142 cm³/mol. The maximum absolute atomic E-state index is 14.9. The minimum absolute atomic E-state index is 0.0438. The van der Waals surface area contributed by atoms with E-state index in [1.165, 1.54) is 10.7 Å². The van der Waals surface area contributed by atoms with Gasteiger partial charge in [-0.25, -0.2) is 9.07 Å². The Balaban J connectivity index is 1.44. The van der Waals surface area contributed by atoms with Gasteiger partial charge < -0.3 is 15.8 Å². The number of benzene rings is 3. The highest BCUT2D eigenvalue weighted by Crippen LogP contribution is 2.34. The number of hydrogen-bond donors (Lipinski definition) is 2. The summed E-state index contributed by atoms with van der Waals surface area (Å²) in [6.45, 7) is 2.74. The number of nitrogens with two attached hydrogens (primary N) is 1. The van der Waals surface area contributed by atoms with Crippen LogP contribution in [0.5, 0.6) is 0 Å². The fraction of sp³-hybridized carbons (Fsp3) is 0.233. The van der Waals surface area contributed by atoms with E-state index in [4.69, 9.17) is 15.7 Å². The molecular formula is C30H28FN5O2. The van der Waals surface area contributed by atoms with Gasteiger partial charge in [-0.05, 0) is 84.8 Å². The van der Waals surface area contributed by atoms with Crippen molar-refractivity contribution in [3.8, 4) is 11.8 Å². The lowest BCUT2D eigenvalue weighted by molar-refractivity contribution is 0.0718. The van der Waals surface area contributed by atoms with E-state index in [0.717, 1.165) is 24.0 Å². The number of nitrogens with one attached hydrogen (secondary N) is 1. The van der Waals surface area contributed by atoms with Crippen molar-refractivity contribution < 1.29 is 13.9 Å². The Morgan fingerprint density at radius 3 is 2.63 bits per heavy atom. The Morgan fingerprint density at radius 1 is 1.16 bits per heavy atom. The summed E-state index contributed by atoms with van der Waals surface area (Å²) in [6, 6.07) is 23.0. The molecule has 1 aliphatic carbocycles. The standard InChI is InChI=1S/C30H28FN5O2/c1-19-13-28(36(35-19)25-4-2-3-22(14-25)17-33)30(37)34-27-15-24(11-12-26(27)31)29(38-18-21-5-6-21)23-9-7-20(16-32)8-10-23/h2-4,7-15,21,29H,5-6,17-18,33H2,1H3,(H,34,37). The van der Waals surface area contributed by atoms with E-state index in [2.05, 4.69) is 16.5 Å². The largest absolute Gasteiger partial charge is 0.368 e. The Morgan fingerprint density at radius 2 is 1.92 bits per heavy atom. The van der Waals surface area contributed by atoms with Crippen LogP contribution in [0.2, 0.25) is 0 Å². The lowest BCUT2D eigenvalue weighted by Crippen LogP contribution is -2.18. The number of nitriles is 1. The molecule has 1 aromatic heterocycles. The second-order valence-corrected chi connectivity index (χ2v) is 9.54. The molecule has 0 radical (unpaired) electrons. The smallest absolute Gasteiger partial charge is 0.274 e. The van der Waals surface area contributed by atoms with Gasteiger partial charge >= 0.3 is 0 Å². The first-order valence-electron chi connectivity index (χ1n) is 12.5. The van der Waals surface area contributed by atoms with E-state index in [-0.39, 0.29) is 11.4 Å². The zero-order valence-corrected chi connectivity index (χ0v) is 21.0. The summed E-state index contributed by atoms with van der Waals surface area (Å²) in [4.78, 5) is 13.3. The van der Waals surface area contributed by atoms with Gasteiger partial charge in [0.05, 0.1) is 35.3 Å². The second-order valence-electron chi connectivity index (χ2n) is 9.54. The molecule has 192 valence electrons. The van der Waals surface area contributed by atoms with Crippen molar-refractivity contribution in [3.05, 3.63) is 112 Å². The van der Waals surface area contributed by atoms with Gasteiger partial charge in [-0.3, -0.25) is 4.79 Å². The average molecular weight is 510 g/mol. The number of amides is 1. The van der Waals surface area contributed by atoms with Crippen molar-refractivity contribution in [2.75, 3.05) is 11.9 Å². The normalized spacial score (nSPS) is 13.6. The van der Waals surface area contributed by atoms with Crippen LogP contribution in [0.3, 0.4) is 0 Å². The number of carbonyl (C=O) groups is 1. The Hall–Kier alpha value is -4.32. The summed E-state index contributed by atoms with van der Waals surface area (Å²) >= 11 is 0. The molecule has 1 amide bonds. The molecule has 1 fully saturated rings. The molecule has 3 N–H and O–H groups in total. The van der Waals surface area contributed by atoms with Gasteiger partial charge in [-0.15, -0.1) is 0 Å². The van der Waals surface area contributed by atoms with Crippen molar-refractivity contribution in [3.63, 3.8) is 0 Å². The summed E-state index contributed by atoms with van der Waals surface area (Å²) in [5.41, 5.74) is 10.4. The molecule has 8 heteroatoms. The monoisotopic (exact) mass is 509 g/mol. The third-order valence-electron chi connectivity index (χ3n) is 6.53. The lowest BCUT2D eigenvalue weighted by Gasteiger charge is -2.20. The summed E-state index contributed by atoms with van der Waals surface area (Å²) in [5, 5.41) is 16.3. The van der Waals surface area contributed by atoms with Crippen LogP contribution in [0.25, 0.3) is 5.69 Å². The first-order chi connectivity index (χ1) is 18.4. The lowest BCUT2D eigenvalue weighted by atomic mass is 9.99. The maximum Gasteiger partial charge on any atom is 0.274 e. The summed E-state index contributed by atoms with van der Waals surface area (Å²) in [6.07, 6.45) is 1.80. The number of carbonyl (C=O) groups excluding carboxylic acids is 1. The molecule has 0 saturated heterocycles. The Bertz CT molecular complexity index is 1500. The number of anilines is 1. The topological polar surface area (TPSA) is 106 Å². The molecule has 1 saturated carbocycles. The van der Waals surface area contributed by atoms with E-state index in [1.807, 2.05) is 36.4 Å². The molecule has 38 heavy (non-hydrogen) atoms. The van der Waals surface area contributed by atoms with Gasteiger partial charge in [-0.1, -0.05) is 30.3 Å². The molecule has 0 aliphatic heterocycles. The highest BCUT2D eigenvalue weighted by atomic mass is 19.1. The predicted octanol–water partition coefficient (Wildman–Crippen LogP) is 5.42. The van der Waals surface area contributed by atoms with Crippen molar-refractivity contribution in [2.24, 2.45) is 11.7 Å². The molecular weight excluding hydrogens is 481 g/mol. The Kier molecular flexibility index (Phi) is 7.31. The number of aromatic nitrogens is 2.